The highest BCUT2D eigenvalue weighted by Gasteiger charge is 2.28. The topological polar surface area (TPSA) is 40.5 Å². The predicted molar refractivity (Wildman–Crippen MR) is 107 cm³/mol. The maximum atomic E-state index is 4.78. The van der Waals surface area contributed by atoms with Gasteiger partial charge in [-0.25, -0.2) is 4.99 Å². The second-order valence-corrected chi connectivity index (χ2v) is 7.81. The molecule has 0 aromatic carbocycles. The first-order valence-corrected chi connectivity index (χ1v) is 8.57. The van der Waals surface area contributed by atoms with Crippen molar-refractivity contribution in [3.05, 3.63) is 29.6 Å². The molecule has 0 spiro atoms. The summed E-state index contributed by atoms with van der Waals surface area (Å²) < 4.78 is 0.292. The molecule has 4 nitrogen and oxygen atoms in total. The fourth-order valence-electron chi connectivity index (χ4n) is 2.38. The largest absolute Gasteiger partial charge is 0.357 e. The molecule has 1 N–H and O–H groups in total. The number of pyridine rings is 1. The van der Waals surface area contributed by atoms with Crippen LogP contribution in [0.5, 0.6) is 0 Å². The average molecular weight is 434 g/mol. The Labute approximate surface area is 155 Å². The summed E-state index contributed by atoms with van der Waals surface area (Å²) in [5.41, 5.74) is 2.20. The summed E-state index contributed by atoms with van der Waals surface area (Å²) in [5, 5.41) is 3.42. The minimum absolute atomic E-state index is 0. The lowest BCUT2D eigenvalue weighted by Crippen LogP contribution is -2.50. The van der Waals surface area contributed by atoms with Crippen LogP contribution in [-0.2, 0) is 6.54 Å². The second kappa shape index (κ2) is 8.96. The van der Waals surface area contributed by atoms with E-state index in [0.29, 0.717) is 11.3 Å². The van der Waals surface area contributed by atoms with E-state index in [2.05, 4.69) is 42.0 Å². The van der Waals surface area contributed by atoms with Gasteiger partial charge in [-0.1, -0.05) is 6.07 Å². The van der Waals surface area contributed by atoms with Crippen molar-refractivity contribution >= 4 is 41.7 Å². The molecule has 1 aromatic rings. The van der Waals surface area contributed by atoms with Crippen molar-refractivity contribution < 1.29 is 0 Å². The van der Waals surface area contributed by atoms with E-state index >= 15 is 0 Å². The Kier molecular flexibility index (Phi) is 7.96. The fourth-order valence-corrected chi connectivity index (χ4v) is 3.49. The summed E-state index contributed by atoms with van der Waals surface area (Å²) in [6.45, 7) is 12.4. The maximum Gasteiger partial charge on any atom is 0.194 e. The standard InChI is InChI=1S/C16H26N4S.HI/c1-5-17-15(20-8-9-21-16(3,4)12-20)19-11-14-7-6-13(2)18-10-14;/h6-7,10H,5,8-9,11-12H2,1-4H3,(H,17,19);1H. The molecule has 2 rings (SSSR count). The number of aryl methyl sites for hydroxylation is 1. The minimum atomic E-state index is 0. The lowest BCUT2D eigenvalue weighted by Gasteiger charge is -2.39. The van der Waals surface area contributed by atoms with E-state index in [1.807, 2.05) is 30.9 Å². The molecule has 0 atom stereocenters. The molecule has 1 aliphatic heterocycles. The zero-order valence-corrected chi connectivity index (χ0v) is 17.1. The van der Waals surface area contributed by atoms with Crippen molar-refractivity contribution in [3.63, 3.8) is 0 Å². The van der Waals surface area contributed by atoms with Crippen LogP contribution in [0, 0.1) is 6.92 Å². The molecule has 0 radical (unpaired) electrons. The van der Waals surface area contributed by atoms with Gasteiger partial charge in [-0.2, -0.15) is 11.8 Å². The van der Waals surface area contributed by atoms with E-state index in [1.165, 1.54) is 0 Å². The van der Waals surface area contributed by atoms with Crippen LogP contribution < -0.4 is 5.32 Å². The number of guanidine groups is 1. The summed E-state index contributed by atoms with van der Waals surface area (Å²) in [7, 11) is 0. The van der Waals surface area contributed by atoms with Crippen LogP contribution in [-0.4, -0.2) is 46.0 Å². The van der Waals surface area contributed by atoms with E-state index in [1.54, 1.807) is 0 Å². The molecule has 2 heterocycles. The number of halogens is 1. The predicted octanol–water partition coefficient (Wildman–Crippen LogP) is 3.30. The number of nitrogens with zero attached hydrogens (tertiary/aromatic N) is 3. The molecule has 0 unspecified atom stereocenters. The normalized spacial score (nSPS) is 17.8. The number of hydrogen-bond donors (Lipinski definition) is 1. The smallest absolute Gasteiger partial charge is 0.194 e. The minimum Gasteiger partial charge on any atom is -0.357 e. The van der Waals surface area contributed by atoms with Crippen LogP contribution in [0.25, 0.3) is 0 Å². The van der Waals surface area contributed by atoms with Crippen LogP contribution >= 0.6 is 35.7 Å². The van der Waals surface area contributed by atoms with Gasteiger partial charge in [-0.05, 0) is 39.3 Å². The van der Waals surface area contributed by atoms with Crippen molar-refractivity contribution in [2.24, 2.45) is 4.99 Å². The molecule has 0 amide bonds. The van der Waals surface area contributed by atoms with Gasteiger partial charge in [0, 0.05) is 42.0 Å². The lowest BCUT2D eigenvalue weighted by molar-refractivity contribution is 0.376. The lowest BCUT2D eigenvalue weighted by atomic mass is 10.2. The average Bonchev–Trinajstić information content (AvgIpc) is 2.44. The highest BCUT2D eigenvalue weighted by Crippen LogP contribution is 2.29. The zero-order chi connectivity index (χ0) is 15.3. The Morgan fingerprint density at radius 3 is 2.82 bits per heavy atom. The van der Waals surface area contributed by atoms with Crippen molar-refractivity contribution in [2.45, 2.75) is 39.0 Å². The zero-order valence-electron chi connectivity index (χ0n) is 13.9. The van der Waals surface area contributed by atoms with Gasteiger partial charge in [0.1, 0.15) is 0 Å². The highest BCUT2D eigenvalue weighted by atomic mass is 127. The number of aliphatic imine (C=N–C) groups is 1. The Hall–Kier alpha value is -0.500. The summed E-state index contributed by atoms with van der Waals surface area (Å²) in [5.74, 6) is 2.18. The molecular weight excluding hydrogens is 407 g/mol. The van der Waals surface area contributed by atoms with Crippen molar-refractivity contribution in [3.8, 4) is 0 Å². The van der Waals surface area contributed by atoms with Crippen molar-refractivity contribution in [1.82, 2.24) is 15.2 Å². The molecule has 0 aliphatic carbocycles. The fraction of sp³-hybridized carbons (Fsp3) is 0.625. The molecule has 124 valence electrons. The Balaban J connectivity index is 0.00000242. The molecule has 22 heavy (non-hydrogen) atoms. The van der Waals surface area contributed by atoms with Crippen LogP contribution in [0.15, 0.2) is 23.3 Å². The van der Waals surface area contributed by atoms with E-state index in [-0.39, 0.29) is 24.0 Å². The first-order chi connectivity index (χ1) is 10.00. The Morgan fingerprint density at radius 2 is 2.23 bits per heavy atom. The van der Waals surface area contributed by atoms with Gasteiger partial charge in [0.15, 0.2) is 5.96 Å². The van der Waals surface area contributed by atoms with E-state index in [9.17, 15) is 0 Å². The van der Waals surface area contributed by atoms with Crippen LogP contribution in [0.2, 0.25) is 0 Å². The summed E-state index contributed by atoms with van der Waals surface area (Å²) >= 11 is 2.04. The Bertz CT molecular complexity index is 487. The van der Waals surface area contributed by atoms with E-state index in [4.69, 9.17) is 4.99 Å². The molecule has 1 aliphatic rings. The summed E-state index contributed by atoms with van der Waals surface area (Å²) in [6, 6.07) is 4.14. The first-order valence-electron chi connectivity index (χ1n) is 7.59. The van der Waals surface area contributed by atoms with Gasteiger partial charge in [0.25, 0.3) is 0 Å². The van der Waals surface area contributed by atoms with Gasteiger partial charge < -0.3 is 10.2 Å². The van der Waals surface area contributed by atoms with E-state index in [0.717, 1.165) is 42.6 Å². The number of thioether (sulfide) groups is 1. The van der Waals surface area contributed by atoms with Crippen molar-refractivity contribution in [2.75, 3.05) is 25.4 Å². The monoisotopic (exact) mass is 434 g/mol. The number of aromatic nitrogens is 1. The Morgan fingerprint density at radius 1 is 1.45 bits per heavy atom. The molecule has 1 aromatic heterocycles. The first kappa shape index (κ1) is 19.5. The third-order valence-corrected chi connectivity index (χ3v) is 4.74. The van der Waals surface area contributed by atoms with Crippen LogP contribution in [0.4, 0.5) is 0 Å². The molecule has 0 bridgehead atoms. The second-order valence-electron chi connectivity index (χ2n) is 6.01. The SMILES string of the molecule is CCNC(=NCc1ccc(C)nc1)N1CCSC(C)(C)C1.I. The number of nitrogens with one attached hydrogen (secondary N) is 1. The maximum absolute atomic E-state index is 4.78. The number of rotatable bonds is 3. The molecule has 1 saturated heterocycles. The van der Waals surface area contributed by atoms with Gasteiger partial charge in [0.05, 0.1) is 6.54 Å². The highest BCUT2D eigenvalue weighted by molar-refractivity contribution is 14.0. The third-order valence-electron chi connectivity index (χ3n) is 3.44. The summed E-state index contributed by atoms with van der Waals surface area (Å²) in [6.07, 6.45) is 1.92. The van der Waals surface area contributed by atoms with Gasteiger partial charge in [-0.3, -0.25) is 4.98 Å². The van der Waals surface area contributed by atoms with Gasteiger partial charge >= 0.3 is 0 Å². The molecular formula is C16H27IN4S. The summed E-state index contributed by atoms with van der Waals surface area (Å²) in [4.78, 5) is 11.5. The van der Waals surface area contributed by atoms with Crippen LogP contribution in [0.3, 0.4) is 0 Å². The van der Waals surface area contributed by atoms with Crippen molar-refractivity contribution in [1.29, 1.82) is 0 Å². The third kappa shape index (κ3) is 5.95. The number of hydrogen-bond acceptors (Lipinski definition) is 3. The molecule has 6 heteroatoms. The molecule has 1 fully saturated rings. The van der Waals surface area contributed by atoms with E-state index < -0.39 is 0 Å². The van der Waals surface area contributed by atoms with Gasteiger partial charge in [0.2, 0.25) is 0 Å². The van der Waals surface area contributed by atoms with Gasteiger partial charge in [-0.15, -0.1) is 24.0 Å². The molecule has 0 saturated carbocycles. The van der Waals surface area contributed by atoms with Crippen LogP contribution in [0.1, 0.15) is 32.0 Å². The quantitative estimate of drug-likeness (QED) is 0.450.